The van der Waals surface area contributed by atoms with Crippen LogP contribution in [0.15, 0.2) is 22.7 Å². The lowest BCUT2D eigenvalue weighted by molar-refractivity contribution is 0.0786. The minimum Gasteiger partial charge on any atom is -0.338 e. The topological polar surface area (TPSA) is 32.3 Å². The Labute approximate surface area is 114 Å². The van der Waals surface area contributed by atoms with Crippen LogP contribution in [-0.2, 0) is 0 Å². The molecule has 18 heavy (non-hydrogen) atoms. The van der Waals surface area contributed by atoms with Crippen LogP contribution >= 0.6 is 15.9 Å². The Morgan fingerprint density at radius 3 is 3.06 bits per heavy atom. The first-order valence-electron chi connectivity index (χ1n) is 6.00. The maximum absolute atomic E-state index is 13.4. The normalized spacial score (nSPS) is 19.3. The van der Waals surface area contributed by atoms with E-state index in [1.165, 1.54) is 6.07 Å². The number of amides is 1. The summed E-state index contributed by atoms with van der Waals surface area (Å²) < 4.78 is 13.8. The Bertz CT molecular complexity index is 453. The van der Waals surface area contributed by atoms with Gasteiger partial charge in [-0.2, -0.15) is 0 Å². The highest BCUT2D eigenvalue weighted by molar-refractivity contribution is 9.10. The fourth-order valence-corrected chi connectivity index (χ4v) is 2.53. The van der Waals surface area contributed by atoms with Gasteiger partial charge in [-0.1, -0.05) is 0 Å². The van der Waals surface area contributed by atoms with Crippen molar-refractivity contribution in [2.24, 2.45) is 5.92 Å². The summed E-state index contributed by atoms with van der Waals surface area (Å²) >= 11 is 3.08. The third kappa shape index (κ3) is 2.90. The van der Waals surface area contributed by atoms with Crippen LogP contribution in [0.3, 0.4) is 0 Å². The van der Waals surface area contributed by atoms with E-state index in [9.17, 15) is 9.18 Å². The predicted octanol–water partition coefficient (Wildman–Crippen LogP) is 2.27. The van der Waals surface area contributed by atoms with Gasteiger partial charge >= 0.3 is 0 Å². The number of carbonyl (C=O) groups excluding carboxylic acids is 1. The third-order valence-corrected chi connectivity index (χ3v) is 3.88. The van der Waals surface area contributed by atoms with Gasteiger partial charge in [-0.25, -0.2) is 4.39 Å². The fraction of sp³-hybridized carbons (Fsp3) is 0.462. The first kappa shape index (κ1) is 13.5. The molecule has 1 aliphatic heterocycles. The summed E-state index contributed by atoms with van der Waals surface area (Å²) in [6, 6.07) is 4.52. The summed E-state index contributed by atoms with van der Waals surface area (Å²) in [5.74, 6) is 0.0195. The SMILES string of the molecule is CNC[C@H]1CCN(C(=O)c2ccc(Br)c(F)c2)C1. The highest BCUT2D eigenvalue weighted by Gasteiger charge is 2.26. The molecule has 0 saturated carbocycles. The summed E-state index contributed by atoms with van der Waals surface area (Å²) in [4.78, 5) is 14.0. The van der Waals surface area contributed by atoms with Crippen molar-refractivity contribution in [3.05, 3.63) is 34.1 Å². The molecular formula is C13H16BrFN2O. The van der Waals surface area contributed by atoms with E-state index in [-0.39, 0.29) is 5.91 Å². The second-order valence-electron chi connectivity index (χ2n) is 4.59. The van der Waals surface area contributed by atoms with Crippen molar-refractivity contribution < 1.29 is 9.18 Å². The van der Waals surface area contributed by atoms with Gasteiger partial charge < -0.3 is 10.2 Å². The second kappa shape index (κ2) is 5.80. The summed E-state index contributed by atoms with van der Waals surface area (Å²) in [7, 11) is 1.91. The molecule has 3 nitrogen and oxygen atoms in total. The van der Waals surface area contributed by atoms with Crippen molar-refractivity contribution in [3.8, 4) is 0 Å². The molecule has 0 bridgehead atoms. The molecule has 1 amide bonds. The van der Waals surface area contributed by atoms with Crippen LogP contribution < -0.4 is 5.32 Å². The lowest BCUT2D eigenvalue weighted by atomic mass is 10.1. The van der Waals surface area contributed by atoms with Gasteiger partial charge in [0, 0.05) is 18.7 Å². The molecule has 1 fully saturated rings. The number of hydrogen-bond donors (Lipinski definition) is 1. The van der Waals surface area contributed by atoms with Gasteiger partial charge in [-0.15, -0.1) is 0 Å². The molecule has 0 spiro atoms. The largest absolute Gasteiger partial charge is 0.338 e. The highest BCUT2D eigenvalue weighted by Crippen LogP contribution is 2.21. The first-order valence-corrected chi connectivity index (χ1v) is 6.80. The van der Waals surface area contributed by atoms with Gasteiger partial charge in [0.1, 0.15) is 5.82 Å². The lowest BCUT2D eigenvalue weighted by Crippen LogP contribution is -2.30. The van der Waals surface area contributed by atoms with Crippen molar-refractivity contribution in [3.63, 3.8) is 0 Å². The van der Waals surface area contributed by atoms with Gasteiger partial charge in [0.05, 0.1) is 4.47 Å². The molecular weight excluding hydrogens is 299 g/mol. The molecule has 1 saturated heterocycles. The smallest absolute Gasteiger partial charge is 0.253 e. The molecule has 1 heterocycles. The lowest BCUT2D eigenvalue weighted by Gasteiger charge is -2.16. The number of halogens is 2. The van der Waals surface area contributed by atoms with Gasteiger partial charge in [0.15, 0.2) is 0 Å². The van der Waals surface area contributed by atoms with E-state index in [1.54, 1.807) is 17.0 Å². The maximum atomic E-state index is 13.4. The van der Waals surface area contributed by atoms with Crippen molar-refractivity contribution in [1.82, 2.24) is 10.2 Å². The van der Waals surface area contributed by atoms with Crippen LogP contribution in [0.1, 0.15) is 16.8 Å². The summed E-state index contributed by atoms with van der Waals surface area (Å²) in [5.41, 5.74) is 0.417. The van der Waals surface area contributed by atoms with Crippen LogP contribution in [0.25, 0.3) is 0 Å². The Morgan fingerprint density at radius 2 is 2.39 bits per heavy atom. The molecule has 0 unspecified atom stereocenters. The van der Waals surface area contributed by atoms with Gasteiger partial charge in [0.25, 0.3) is 5.91 Å². The van der Waals surface area contributed by atoms with E-state index >= 15 is 0 Å². The molecule has 5 heteroatoms. The molecule has 98 valence electrons. The number of rotatable bonds is 3. The van der Waals surface area contributed by atoms with Crippen molar-refractivity contribution in [1.29, 1.82) is 0 Å². The molecule has 1 aromatic rings. The molecule has 2 rings (SSSR count). The Hall–Kier alpha value is -0.940. The number of nitrogens with one attached hydrogen (secondary N) is 1. The zero-order valence-corrected chi connectivity index (χ0v) is 11.8. The number of hydrogen-bond acceptors (Lipinski definition) is 2. The van der Waals surface area contributed by atoms with E-state index in [0.29, 0.717) is 16.0 Å². The van der Waals surface area contributed by atoms with Crippen LogP contribution in [0, 0.1) is 11.7 Å². The monoisotopic (exact) mass is 314 g/mol. The predicted molar refractivity (Wildman–Crippen MR) is 72.0 cm³/mol. The Morgan fingerprint density at radius 1 is 1.61 bits per heavy atom. The van der Waals surface area contributed by atoms with E-state index in [2.05, 4.69) is 21.2 Å². The average molecular weight is 315 g/mol. The van der Waals surface area contributed by atoms with Gasteiger partial charge in [0.2, 0.25) is 0 Å². The third-order valence-electron chi connectivity index (χ3n) is 3.23. The van der Waals surface area contributed by atoms with E-state index in [0.717, 1.165) is 26.1 Å². The van der Waals surface area contributed by atoms with E-state index in [1.807, 2.05) is 7.05 Å². The van der Waals surface area contributed by atoms with Gasteiger partial charge in [-0.05, 0) is 60.1 Å². The molecule has 1 aliphatic rings. The first-order chi connectivity index (χ1) is 8.61. The average Bonchev–Trinajstić information content (AvgIpc) is 2.81. The number of benzene rings is 1. The summed E-state index contributed by atoms with van der Waals surface area (Å²) in [5, 5.41) is 3.12. The summed E-state index contributed by atoms with van der Waals surface area (Å²) in [6.07, 6.45) is 1.01. The number of carbonyl (C=O) groups is 1. The molecule has 1 N–H and O–H groups in total. The van der Waals surface area contributed by atoms with E-state index in [4.69, 9.17) is 0 Å². The fourth-order valence-electron chi connectivity index (χ4n) is 2.28. The highest BCUT2D eigenvalue weighted by atomic mass is 79.9. The molecule has 1 atom stereocenters. The van der Waals surface area contributed by atoms with Crippen LogP contribution in [0.5, 0.6) is 0 Å². The second-order valence-corrected chi connectivity index (χ2v) is 5.45. The Kier molecular flexibility index (Phi) is 4.35. The van der Waals surface area contributed by atoms with Gasteiger partial charge in [-0.3, -0.25) is 4.79 Å². The van der Waals surface area contributed by atoms with Crippen LogP contribution in [-0.4, -0.2) is 37.5 Å². The standard InChI is InChI=1S/C13H16BrFN2O/c1-16-7-9-4-5-17(8-9)13(18)10-2-3-11(14)12(15)6-10/h2-3,6,9,16H,4-5,7-8H2,1H3/t9-/m1/s1. The number of nitrogens with zero attached hydrogens (tertiary/aromatic N) is 1. The zero-order chi connectivity index (χ0) is 13.1. The minimum absolute atomic E-state index is 0.0833. The van der Waals surface area contributed by atoms with Crippen molar-refractivity contribution >= 4 is 21.8 Å². The van der Waals surface area contributed by atoms with Crippen LogP contribution in [0.2, 0.25) is 0 Å². The van der Waals surface area contributed by atoms with Crippen molar-refractivity contribution in [2.45, 2.75) is 6.42 Å². The Balaban J connectivity index is 2.05. The molecule has 0 aliphatic carbocycles. The zero-order valence-electron chi connectivity index (χ0n) is 10.2. The van der Waals surface area contributed by atoms with Crippen molar-refractivity contribution in [2.75, 3.05) is 26.7 Å². The molecule has 0 radical (unpaired) electrons. The van der Waals surface area contributed by atoms with E-state index < -0.39 is 5.82 Å². The van der Waals surface area contributed by atoms with Crippen LogP contribution in [0.4, 0.5) is 4.39 Å². The molecule has 0 aromatic heterocycles. The number of likely N-dealkylation sites (tertiary alicyclic amines) is 1. The quantitative estimate of drug-likeness (QED) is 0.928. The molecule has 1 aromatic carbocycles. The maximum Gasteiger partial charge on any atom is 0.253 e. The minimum atomic E-state index is -0.396. The summed E-state index contributed by atoms with van der Waals surface area (Å²) in [6.45, 7) is 2.42.